The Hall–Kier alpha value is -3.16. The van der Waals surface area contributed by atoms with Gasteiger partial charge in [0.2, 0.25) is 11.8 Å². The monoisotopic (exact) mass is 382 g/mol. The SMILES string of the molecule is COC(=O)N1[C@H]2C=C[C@H]1CC(Oc1ncnc(Oc3cccnc3C)c1C)C2. The maximum Gasteiger partial charge on any atom is 0.410 e. The molecular formula is C20H22N4O4. The number of fused-ring (bicyclic) bond motifs is 2. The van der Waals surface area contributed by atoms with Crippen LogP contribution in [0, 0.1) is 13.8 Å². The van der Waals surface area contributed by atoms with Crippen molar-refractivity contribution in [1.29, 1.82) is 0 Å². The number of hydrogen-bond donors (Lipinski definition) is 0. The van der Waals surface area contributed by atoms with E-state index >= 15 is 0 Å². The minimum Gasteiger partial charge on any atom is -0.474 e. The van der Waals surface area contributed by atoms with E-state index in [0.29, 0.717) is 30.4 Å². The molecule has 2 aromatic heterocycles. The third-order valence-corrected chi connectivity index (χ3v) is 5.10. The van der Waals surface area contributed by atoms with Gasteiger partial charge in [-0.15, -0.1) is 0 Å². The van der Waals surface area contributed by atoms with Gasteiger partial charge in [0, 0.05) is 19.0 Å². The van der Waals surface area contributed by atoms with E-state index in [1.165, 1.54) is 13.4 Å². The molecule has 1 saturated heterocycles. The van der Waals surface area contributed by atoms with Crippen LogP contribution in [0.4, 0.5) is 4.79 Å². The van der Waals surface area contributed by atoms with Crippen molar-refractivity contribution in [2.24, 2.45) is 0 Å². The highest BCUT2D eigenvalue weighted by Crippen LogP contribution is 2.35. The molecule has 8 heteroatoms. The first kappa shape index (κ1) is 18.2. The zero-order chi connectivity index (χ0) is 19.7. The van der Waals surface area contributed by atoms with Crippen LogP contribution in [-0.4, -0.2) is 51.2 Å². The smallest absolute Gasteiger partial charge is 0.410 e. The summed E-state index contributed by atoms with van der Waals surface area (Å²) in [5.74, 6) is 1.57. The number of pyridine rings is 1. The van der Waals surface area contributed by atoms with Crippen molar-refractivity contribution in [1.82, 2.24) is 19.9 Å². The second-order valence-electron chi connectivity index (χ2n) is 6.91. The van der Waals surface area contributed by atoms with Gasteiger partial charge in [-0.3, -0.25) is 9.88 Å². The predicted molar refractivity (Wildman–Crippen MR) is 100 cm³/mol. The van der Waals surface area contributed by atoms with Crippen LogP contribution in [0.2, 0.25) is 0 Å². The average molecular weight is 382 g/mol. The van der Waals surface area contributed by atoms with E-state index < -0.39 is 0 Å². The summed E-state index contributed by atoms with van der Waals surface area (Å²) in [6.07, 6.45) is 8.22. The molecule has 2 aliphatic rings. The number of piperidine rings is 1. The molecule has 28 heavy (non-hydrogen) atoms. The molecular weight excluding hydrogens is 360 g/mol. The second kappa shape index (κ2) is 7.46. The van der Waals surface area contributed by atoms with Crippen molar-refractivity contribution in [3.05, 3.63) is 48.1 Å². The largest absolute Gasteiger partial charge is 0.474 e. The Balaban J connectivity index is 1.48. The number of aryl methyl sites for hydroxylation is 1. The van der Waals surface area contributed by atoms with Gasteiger partial charge in [-0.25, -0.2) is 14.8 Å². The molecule has 2 bridgehead atoms. The average Bonchev–Trinajstić information content (AvgIpc) is 2.96. The molecule has 4 heterocycles. The van der Waals surface area contributed by atoms with Crippen LogP contribution < -0.4 is 9.47 Å². The summed E-state index contributed by atoms with van der Waals surface area (Å²) in [4.78, 5) is 26.5. The van der Waals surface area contributed by atoms with E-state index in [1.807, 2.05) is 38.1 Å². The highest BCUT2D eigenvalue weighted by molar-refractivity contribution is 5.70. The highest BCUT2D eigenvalue weighted by atomic mass is 16.5. The molecule has 146 valence electrons. The molecule has 2 atom stereocenters. The number of ether oxygens (including phenoxy) is 3. The fourth-order valence-corrected chi connectivity index (χ4v) is 3.66. The van der Waals surface area contributed by atoms with Crippen LogP contribution in [-0.2, 0) is 4.74 Å². The highest BCUT2D eigenvalue weighted by Gasteiger charge is 2.41. The summed E-state index contributed by atoms with van der Waals surface area (Å²) in [6.45, 7) is 3.74. The lowest BCUT2D eigenvalue weighted by molar-refractivity contribution is 0.0465. The van der Waals surface area contributed by atoms with Crippen LogP contribution in [0.25, 0.3) is 0 Å². The van der Waals surface area contributed by atoms with Crippen molar-refractivity contribution >= 4 is 6.09 Å². The Morgan fingerprint density at radius 1 is 1.11 bits per heavy atom. The van der Waals surface area contributed by atoms with E-state index in [4.69, 9.17) is 14.2 Å². The van der Waals surface area contributed by atoms with Gasteiger partial charge in [0.15, 0.2) is 5.75 Å². The zero-order valence-electron chi connectivity index (χ0n) is 16.0. The molecule has 0 aromatic carbocycles. The number of nitrogens with zero attached hydrogens (tertiary/aromatic N) is 4. The van der Waals surface area contributed by atoms with E-state index in [1.54, 1.807) is 11.1 Å². The zero-order valence-corrected chi connectivity index (χ0v) is 16.0. The van der Waals surface area contributed by atoms with E-state index in [9.17, 15) is 4.79 Å². The Kier molecular flexibility index (Phi) is 4.85. The van der Waals surface area contributed by atoms with E-state index in [2.05, 4.69) is 15.0 Å². The number of carbonyl (C=O) groups excluding carboxylic acids is 1. The standard InChI is InChI=1S/C20H22N4O4/c1-12-18(22-11-23-19(12)28-17-5-4-8-21-13(17)2)27-16-9-14-6-7-15(10-16)24(14)20(25)26-3/h4-8,11,14-16H,9-10H2,1-3H3/t14-,15-/m0/s1. The molecule has 2 aliphatic heterocycles. The number of hydrogen-bond acceptors (Lipinski definition) is 7. The third-order valence-electron chi connectivity index (χ3n) is 5.10. The maximum absolute atomic E-state index is 12.0. The third kappa shape index (κ3) is 3.37. The quantitative estimate of drug-likeness (QED) is 0.751. The van der Waals surface area contributed by atoms with Crippen LogP contribution in [0.3, 0.4) is 0 Å². The first-order valence-corrected chi connectivity index (χ1v) is 9.19. The van der Waals surface area contributed by atoms with Gasteiger partial charge in [0.25, 0.3) is 0 Å². The fraction of sp³-hybridized carbons (Fsp3) is 0.400. The lowest BCUT2D eigenvalue weighted by atomic mass is 9.99. The van der Waals surface area contributed by atoms with E-state index in [0.717, 1.165) is 11.3 Å². The number of carbonyl (C=O) groups is 1. The van der Waals surface area contributed by atoms with Crippen molar-refractivity contribution in [2.75, 3.05) is 7.11 Å². The molecule has 0 spiro atoms. The fourth-order valence-electron chi connectivity index (χ4n) is 3.66. The van der Waals surface area contributed by atoms with Gasteiger partial charge in [-0.2, -0.15) is 0 Å². The number of rotatable bonds is 4. The van der Waals surface area contributed by atoms with Gasteiger partial charge in [-0.05, 0) is 26.0 Å². The summed E-state index contributed by atoms with van der Waals surface area (Å²) in [5, 5.41) is 0. The van der Waals surface area contributed by atoms with Gasteiger partial charge in [0.05, 0.1) is 30.5 Å². The normalized spacial score (nSPS) is 22.8. The first-order chi connectivity index (χ1) is 13.6. The van der Waals surface area contributed by atoms with Gasteiger partial charge < -0.3 is 14.2 Å². The molecule has 1 fully saturated rings. The lowest BCUT2D eigenvalue weighted by Crippen LogP contribution is -2.50. The number of methoxy groups -OCH3 is 1. The second-order valence-corrected chi connectivity index (χ2v) is 6.91. The van der Waals surface area contributed by atoms with Crippen molar-refractivity contribution in [3.63, 3.8) is 0 Å². The van der Waals surface area contributed by atoms with Crippen LogP contribution in [0.5, 0.6) is 17.5 Å². The van der Waals surface area contributed by atoms with Crippen molar-refractivity contribution in [2.45, 2.75) is 44.9 Å². The maximum atomic E-state index is 12.0. The minimum atomic E-state index is -0.306. The summed E-state index contributed by atoms with van der Waals surface area (Å²) >= 11 is 0. The Labute approximate surface area is 163 Å². The Morgan fingerprint density at radius 2 is 1.82 bits per heavy atom. The Morgan fingerprint density at radius 3 is 2.50 bits per heavy atom. The summed E-state index contributed by atoms with van der Waals surface area (Å²) in [6, 6.07) is 3.61. The minimum absolute atomic E-state index is 0.0212. The predicted octanol–water partition coefficient (Wildman–Crippen LogP) is 3.20. The number of amides is 1. The summed E-state index contributed by atoms with van der Waals surface area (Å²) < 4.78 is 17.0. The molecule has 0 radical (unpaired) electrons. The summed E-state index contributed by atoms with van der Waals surface area (Å²) in [5.41, 5.74) is 1.50. The molecule has 4 rings (SSSR count). The first-order valence-electron chi connectivity index (χ1n) is 9.19. The molecule has 1 amide bonds. The topological polar surface area (TPSA) is 86.7 Å². The lowest BCUT2D eigenvalue weighted by Gasteiger charge is -2.37. The molecule has 0 unspecified atom stereocenters. The van der Waals surface area contributed by atoms with Gasteiger partial charge in [-0.1, -0.05) is 12.2 Å². The van der Waals surface area contributed by atoms with Gasteiger partial charge >= 0.3 is 6.09 Å². The van der Waals surface area contributed by atoms with Crippen LogP contribution in [0.15, 0.2) is 36.8 Å². The van der Waals surface area contributed by atoms with Crippen LogP contribution >= 0.6 is 0 Å². The summed E-state index contributed by atoms with van der Waals surface area (Å²) in [7, 11) is 1.40. The molecule has 2 aromatic rings. The molecule has 8 nitrogen and oxygen atoms in total. The number of aromatic nitrogens is 3. The van der Waals surface area contributed by atoms with Gasteiger partial charge in [0.1, 0.15) is 12.4 Å². The Bertz CT molecular complexity index is 901. The molecule has 0 aliphatic carbocycles. The van der Waals surface area contributed by atoms with Crippen molar-refractivity contribution in [3.8, 4) is 17.5 Å². The van der Waals surface area contributed by atoms with Crippen LogP contribution in [0.1, 0.15) is 24.1 Å². The van der Waals surface area contributed by atoms with Crippen molar-refractivity contribution < 1.29 is 19.0 Å². The molecule has 0 saturated carbocycles. The van der Waals surface area contributed by atoms with E-state index in [-0.39, 0.29) is 24.3 Å². The molecule has 0 N–H and O–H groups in total.